The number of rotatable bonds is 8. The van der Waals surface area contributed by atoms with Crippen LogP contribution in [0.3, 0.4) is 0 Å². The van der Waals surface area contributed by atoms with Crippen LogP contribution in [0.15, 0.2) is 72.8 Å². The van der Waals surface area contributed by atoms with E-state index in [4.69, 9.17) is 0 Å². The second kappa shape index (κ2) is 12.0. The molecule has 1 aliphatic carbocycles. The molecule has 1 amide bonds. The van der Waals surface area contributed by atoms with Crippen LogP contribution in [0.2, 0.25) is 0 Å². The number of carbonyl (C=O) groups is 1. The summed E-state index contributed by atoms with van der Waals surface area (Å²) in [5.41, 5.74) is 2.26. The van der Waals surface area contributed by atoms with E-state index in [0.717, 1.165) is 49.5 Å². The molecule has 2 aromatic rings. The molecule has 3 heteroatoms. The lowest BCUT2D eigenvalue weighted by molar-refractivity contribution is -0.122. The van der Waals surface area contributed by atoms with Gasteiger partial charge in [0.2, 0.25) is 5.91 Å². The van der Waals surface area contributed by atoms with E-state index in [2.05, 4.69) is 46.6 Å². The molecule has 4 rings (SSSR count). The second-order valence-electron chi connectivity index (χ2n) is 9.60. The van der Waals surface area contributed by atoms with Gasteiger partial charge in [-0.1, -0.05) is 92.1 Å². The number of nitrogens with one attached hydrogen (secondary N) is 1. The van der Waals surface area contributed by atoms with E-state index in [-0.39, 0.29) is 11.9 Å². The predicted octanol–water partition coefficient (Wildman–Crippen LogP) is 6.13. The summed E-state index contributed by atoms with van der Waals surface area (Å²) in [6.45, 7) is 3.28. The summed E-state index contributed by atoms with van der Waals surface area (Å²) in [5.74, 6) is 1.46. The van der Waals surface area contributed by atoms with Gasteiger partial charge < -0.3 is 5.32 Å². The van der Waals surface area contributed by atoms with Gasteiger partial charge in [-0.05, 0) is 61.7 Å². The zero-order valence-corrected chi connectivity index (χ0v) is 19.3. The summed E-state index contributed by atoms with van der Waals surface area (Å²) >= 11 is 0. The predicted molar refractivity (Wildman–Crippen MR) is 132 cm³/mol. The van der Waals surface area contributed by atoms with Gasteiger partial charge in [-0.25, -0.2) is 0 Å². The van der Waals surface area contributed by atoms with Gasteiger partial charge in [0.1, 0.15) is 0 Å². The summed E-state index contributed by atoms with van der Waals surface area (Å²) in [5, 5.41) is 3.32. The maximum absolute atomic E-state index is 13.0. The number of benzene rings is 2. The lowest BCUT2D eigenvalue weighted by atomic mass is 9.89. The SMILES string of the molecule is O=C(CC1CCN(C/C=C/C2CCCCC2)CC1)NC(c1ccccc1)c1ccccc1. The summed E-state index contributed by atoms with van der Waals surface area (Å²) in [6.07, 6.45) is 14.7. The molecule has 2 aliphatic rings. The molecule has 170 valence electrons. The number of likely N-dealkylation sites (tertiary alicyclic amines) is 1. The van der Waals surface area contributed by atoms with E-state index < -0.39 is 0 Å². The van der Waals surface area contributed by atoms with Gasteiger partial charge in [0, 0.05) is 13.0 Å². The average molecular weight is 431 g/mol. The summed E-state index contributed by atoms with van der Waals surface area (Å²) in [4.78, 5) is 15.5. The maximum atomic E-state index is 13.0. The molecule has 1 N–H and O–H groups in total. The van der Waals surface area contributed by atoms with Crippen LogP contribution in [0.4, 0.5) is 0 Å². The Morgan fingerprint density at radius 1 is 0.875 bits per heavy atom. The molecule has 0 bridgehead atoms. The molecule has 0 aromatic heterocycles. The molecule has 1 saturated carbocycles. The lowest BCUT2D eigenvalue weighted by Crippen LogP contribution is -2.37. The van der Waals surface area contributed by atoms with Crippen LogP contribution >= 0.6 is 0 Å². The van der Waals surface area contributed by atoms with Crippen molar-refractivity contribution in [2.24, 2.45) is 11.8 Å². The molecule has 1 aliphatic heterocycles. The minimum Gasteiger partial charge on any atom is -0.345 e. The molecule has 2 fully saturated rings. The molecule has 32 heavy (non-hydrogen) atoms. The van der Waals surface area contributed by atoms with Crippen molar-refractivity contribution >= 4 is 5.91 Å². The van der Waals surface area contributed by atoms with Crippen molar-refractivity contribution in [2.75, 3.05) is 19.6 Å². The van der Waals surface area contributed by atoms with Crippen LogP contribution in [-0.2, 0) is 4.79 Å². The van der Waals surface area contributed by atoms with Crippen LogP contribution in [0.5, 0.6) is 0 Å². The zero-order valence-electron chi connectivity index (χ0n) is 19.3. The fourth-order valence-corrected chi connectivity index (χ4v) is 5.23. The van der Waals surface area contributed by atoms with Gasteiger partial charge in [-0.2, -0.15) is 0 Å². The molecule has 0 spiro atoms. The highest BCUT2D eigenvalue weighted by Gasteiger charge is 2.23. The number of nitrogens with zero attached hydrogens (tertiary/aromatic N) is 1. The third kappa shape index (κ3) is 6.80. The Bertz CT molecular complexity index is 794. The molecular weight excluding hydrogens is 392 g/mol. The third-order valence-electron chi connectivity index (χ3n) is 7.17. The minimum absolute atomic E-state index is 0.0880. The van der Waals surface area contributed by atoms with Crippen LogP contribution in [0, 0.1) is 11.8 Å². The number of hydrogen-bond donors (Lipinski definition) is 1. The summed E-state index contributed by atoms with van der Waals surface area (Å²) in [6, 6.07) is 20.5. The van der Waals surface area contributed by atoms with E-state index in [0.29, 0.717) is 12.3 Å². The van der Waals surface area contributed by atoms with Crippen LogP contribution in [0.25, 0.3) is 0 Å². The van der Waals surface area contributed by atoms with Crippen molar-refractivity contribution in [3.05, 3.63) is 83.9 Å². The van der Waals surface area contributed by atoms with Crippen LogP contribution < -0.4 is 5.32 Å². The largest absolute Gasteiger partial charge is 0.345 e. The minimum atomic E-state index is -0.0880. The monoisotopic (exact) mass is 430 g/mol. The Morgan fingerprint density at radius 2 is 1.47 bits per heavy atom. The van der Waals surface area contributed by atoms with Crippen LogP contribution in [0.1, 0.15) is 68.5 Å². The molecule has 2 aromatic carbocycles. The Kier molecular flexibility index (Phi) is 8.56. The Hall–Kier alpha value is -2.39. The van der Waals surface area contributed by atoms with Crippen molar-refractivity contribution < 1.29 is 4.79 Å². The molecular formula is C29H38N2O. The Labute approximate surface area is 193 Å². The van der Waals surface area contributed by atoms with Crippen LogP contribution in [-0.4, -0.2) is 30.4 Å². The van der Waals surface area contributed by atoms with E-state index in [9.17, 15) is 4.79 Å². The number of hydrogen-bond acceptors (Lipinski definition) is 2. The molecule has 0 unspecified atom stereocenters. The Morgan fingerprint density at radius 3 is 2.06 bits per heavy atom. The maximum Gasteiger partial charge on any atom is 0.221 e. The normalized spacial score (nSPS) is 18.9. The molecule has 0 radical (unpaired) electrons. The summed E-state index contributed by atoms with van der Waals surface area (Å²) < 4.78 is 0. The van der Waals surface area contributed by atoms with E-state index >= 15 is 0 Å². The zero-order chi connectivity index (χ0) is 22.0. The number of piperidine rings is 1. The van der Waals surface area contributed by atoms with Gasteiger partial charge >= 0.3 is 0 Å². The van der Waals surface area contributed by atoms with E-state index in [1.165, 1.54) is 32.1 Å². The second-order valence-corrected chi connectivity index (χ2v) is 9.60. The molecule has 1 saturated heterocycles. The summed E-state index contributed by atoms with van der Waals surface area (Å²) in [7, 11) is 0. The average Bonchev–Trinajstić information content (AvgIpc) is 2.85. The van der Waals surface area contributed by atoms with Crippen molar-refractivity contribution in [1.29, 1.82) is 0 Å². The van der Waals surface area contributed by atoms with Gasteiger partial charge in [0.05, 0.1) is 6.04 Å². The van der Waals surface area contributed by atoms with Crippen molar-refractivity contribution in [3.8, 4) is 0 Å². The fourth-order valence-electron chi connectivity index (χ4n) is 5.23. The molecule has 3 nitrogen and oxygen atoms in total. The lowest BCUT2D eigenvalue weighted by Gasteiger charge is -2.31. The molecule has 0 atom stereocenters. The first-order chi connectivity index (χ1) is 15.8. The topological polar surface area (TPSA) is 32.3 Å². The fraction of sp³-hybridized carbons (Fsp3) is 0.483. The van der Waals surface area contributed by atoms with Crippen molar-refractivity contribution in [3.63, 3.8) is 0 Å². The highest BCUT2D eigenvalue weighted by molar-refractivity contribution is 5.77. The first kappa shape index (κ1) is 22.8. The number of carbonyl (C=O) groups excluding carboxylic acids is 1. The van der Waals surface area contributed by atoms with Gasteiger partial charge in [-0.3, -0.25) is 9.69 Å². The Balaban J connectivity index is 1.24. The quantitative estimate of drug-likeness (QED) is 0.511. The molecule has 1 heterocycles. The van der Waals surface area contributed by atoms with Gasteiger partial charge in [0.25, 0.3) is 0 Å². The van der Waals surface area contributed by atoms with E-state index in [1.807, 2.05) is 36.4 Å². The highest BCUT2D eigenvalue weighted by atomic mass is 16.1. The first-order valence-corrected chi connectivity index (χ1v) is 12.6. The van der Waals surface area contributed by atoms with Gasteiger partial charge in [-0.15, -0.1) is 0 Å². The van der Waals surface area contributed by atoms with E-state index in [1.54, 1.807) is 0 Å². The highest BCUT2D eigenvalue weighted by Crippen LogP contribution is 2.26. The smallest absolute Gasteiger partial charge is 0.221 e. The third-order valence-corrected chi connectivity index (χ3v) is 7.17. The van der Waals surface area contributed by atoms with Crippen molar-refractivity contribution in [1.82, 2.24) is 10.2 Å². The number of allylic oxidation sites excluding steroid dienone is 1. The number of amides is 1. The van der Waals surface area contributed by atoms with Gasteiger partial charge in [0.15, 0.2) is 0 Å². The first-order valence-electron chi connectivity index (χ1n) is 12.6. The standard InChI is InChI=1S/C29H38N2O/c32-28(30-29(26-14-6-2-7-15-26)27-16-8-3-9-17-27)23-25-18-21-31(22-19-25)20-10-13-24-11-4-1-5-12-24/h2-3,6-10,13-17,24-25,29H,1,4-5,11-12,18-23H2,(H,30,32)/b13-10+. The van der Waals surface area contributed by atoms with Crippen molar-refractivity contribution in [2.45, 2.75) is 57.4 Å².